The molecular weight excluding hydrogens is 504 g/mol. The summed E-state index contributed by atoms with van der Waals surface area (Å²) in [6, 6.07) is 25.5. The van der Waals surface area contributed by atoms with Gasteiger partial charge in [-0.15, -0.1) is 0 Å². The van der Waals surface area contributed by atoms with E-state index in [1.807, 2.05) is 30.3 Å². The zero-order valence-corrected chi connectivity index (χ0v) is 21.1. The molecule has 7 nitrogen and oxygen atoms in total. The normalized spacial score (nSPS) is 16.5. The number of aromatic nitrogens is 1. The Morgan fingerprint density at radius 3 is 2.37 bits per heavy atom. The highest BCUT2D eigenvalue weighted by Crippen LogP contribution is 2.42. The number of carbonyl (C=O) groups excluding carboxylic acids is 2. The Bertz CT molecular complexity index is 1510. The van der Waals surface area contributed by atoms with Crippen LogP contribution < -0.4 is 14.4 Å². The van der Waals surface area contributed by atoms with Gasteiger partial charge < -0.3 is 14.6 Å². The number of nitrogens with zero attached hydrogens (tertiary/aromatic N) is 2. The summed E-state index contributed by atoms with van der Waals surface area (Å²) >= 11 is 6.26. The molecule has 1 atom stereocenters. The number of benzene rings is 3. The fourth-order valence-corrected chi connectivity index (χ4v) is 4.59. The number of Topliss-reactive ketones (excluding diaryl/α,β-unsaturated/α-hetero) is 1. The minimum atomic E-state index is -0.951. The van der Waals surface area contributed by atoms with Gasteiger partial charge in [-0.1, -0.05) is 48.0 Å². The van der Waals surface area contributed by atoms with Crippen LogP contribution in [0.4, 0.5) is 5.69 Å². The zero-order valence-electron chi connectivity index (χ0n) is 20.4. The van der Waals surface area contributed by atoms with E-state index in [0.717, 1.165) is 5.56 Å². The maximum Gasteiger partial charge on any atom is 0.300 e. The topological polar surface area (TPSA) is 89.0 Å². The first kappa shape index (κ1) is 25.0. The number of halogens is 1. The zero-order chi connectivity index (χ0) is 26.6. The third-order valence-corrected chi connectivity index (χ3v) is 6.50. The molecule has 1 aliphatic heterocycles. The number of ether oxygens (including phenoxy) is 2. The molecule has 1 unspecified atom stereocenters. The lowest BCUT2D eigenvalue weighted by atomic mass is 9.98. The molecule has 0 saturated carbocycles. The molecule has 1 aromatic heterocycles. The Balaban J connectivity index is 1.52. The lowest BCUT2D eigenvalue weighted by Gasteiger charge is -2.24. The maximum absolute atomic E-state index is 13.3. The van der Waals surface area contributed by atoms with Crippen molar-refractivity contribution in [3.05, 3.63) is 125 Å². The molecule has 4 aromatic rings. The van der Waals surface area contributed by atoms with Crippen LogP contribution in [0.3, 0.4) is 0 Å². The molecule has 0 aliphatic carbocycles. The van der Waals surface area contributed by atoms with E-state index in [1.165, 1.54) is 18.1 Å². The van der Waals surface area contributed by atoms with E-state index in [4.69, 9.17) is 21.1 Å². The summed E-state index contributed by atoms with van der Waals surface area (Å²) in [6.07, 6.45) is 1.57. The average Bonchev–Trinajstić information content (AvgIpc) is 3.22. The molecule has 190 valence electrons. The van der Waals surface area contributed by atoms with Gasteiger partial charge in [0.15, 0.2) is 0 Å². The molecule has 2 heterocycles. The van der Waals surface area contributed by atoms with Crippen molar-refractivity contribution in [2.75, 3.05) is 12.0 Å². The Labute approximate surface area is 224 Å². The highest BCUT2D eigenvalue weighted by Gasteiger charge is 2.47. The first-order valence-electron chi connectivity index (χ1n) is 11.8. The number of hydrogen-bond donors (Lipinski definition) is 1. The van der Waals surface area contributed by atoms with Crippen molar-refractivity contribution in [3.63, 3.8) is 0 Å². The van der Waals surface area contributed by atoms with Gasteiger partial charge in [0, 0.05) is 17.4 Å². The van der Waals surface area contributed by atoms with Crippen LogP contribution in [0.15, 0.2) is 103 Å². The number of amides is 1. The van der Waals surface area contributed by atoms with Crippen molar-refractivity contribution >= 4 is 34.7 Å². The smallest absolute Gasteiger partial charge is 0.300 e. The number of hydrogen-bond acceptors (Lipinski definition) is 6. The number of aliphatic hydroxyl groups is 1. The summed E-state index contributed by atoms with van der Waals surface area (Å²) in [5.41, 5.74) is 2.11. The van der Waals surface area contributed by atoms with Gasteiger partial charge >= 0.3 is 0 Å². The van der Waals surface area contributed by atoms with E-state index < -0.39 is 17.7 Å². The van der Waals surface area contributed by atoms with Crippen molar-refractivity contribution in [1.82, 2.24) is 4.98 Å². The molecule has 3 aromatic carbocycles. The lowest BCUT2D eigenvalue weighted by molar-refractivity contribution is -0.132. The predicted octanol–water partition coefficient (Wildman–Crippen LogP) is 5.95. The third kappa shape index (κ3) is 4.84. The molecule has 0 radical (unpaired) electrons. The van der Waals surface area contributed by atoms with Crippen LogP contribution in [0.25, 0.3) is 5.76 Å². The molecule has 0 bridgehead atoms. The molecule has 5 rings (SSSR count). The van der Waals surface area contributed by atoms with Crippen molar-refractivity contribution in [1.29, 1.82) is 0 Å². The van der Waals surface area contributed by atoms with Crippen LogP contribution in [0, 0.1) is 0 Å². The van der Waals surface area contributed by atoms with Gasteiger partial charge in [0.1, 0.15) is 29.9 Å². The fraction of sp³-hybridized carbons (Fsp3) is 0.100. The van der Waals surface area contributed by atoms with Crippen molar-refractivity contribution in [2.24, 2.45) is 0 Å². The maximum atomic E-state index is 13.3. The van der Waals surface area contributed by atoms with Crippen LogP contribution in [0.1, 0.15) is 22.9 Å². The van der Waals surface area contributed by atoms with Crippen molar-refractivity contribution < 1.29 is 24.2 Å². The Hall–Kier alpha value is -4.62. The first-order chi connectivity index (χ1) is 18.5. The molecule has 1 N–H and O–H groups in total. The van der Waals surface area contributed by atoms with Crippen LogP contribution in [-0.4, -0.2) is 28.9 Å². The quantitative estimate of drug-likeness (QED) is 0.182. The lowest BCUT2D eigenvalue weighted by Crippen LogP contribution is -2.29. The second kappa shape index (κ2) is 10.8. The van der Waals surface area contributed by atoms with Gasteiger partial charge in [0.25, 0.3) is 11.7 Å². The highest BCUT2D eigenvalue weighted by molar-refractivity contribution is 6.51. The van der Waals surface area contributed by atoms with E-state index in [-0.39, 0.29) is 21.9 Å². The van der Waals surface area contributed by atoms with E-state index in [2.05, 4.69) is 4.98 Å². The van der Waals surface area contributed by atoms with Gasteiger partial charge in [0.05, 0.1) is 23.4 Å². The number of carbonyl (C=O) groups is 2. The molecule has 8 heteroatoms. The molecule has 1 aliphatic rings. The van der Waals surface area contributed by atoms with Crippen LogP contribution in [0.5, 0.6) is 11.5 Å². The van der Waals surface area contributed by atoms with Gasteiger partial charge in [-0.3, -0.25) is 19.5 Å². The van der Waals surface area contributed by atoms with Gasteiger partial charge in [0.2, 0.25) is 0 Å². The van der Waals surface area contributed by atoms with Gasteiger partial charge in [-0.25, -0.2) is 0 Å². The second-order valence-electron chi connectivity index (χ2n) is 8.54. The minimum absolute atomic E-state index is 0.0839. The van der Waals surface area contributed by atoms with E-state index >= 15 is 0 Å². The molecule has 38 heavy (non-hydrogen) atoms. The van der Waals surface area contributed by atoms with Crippen LogP contribution >= 0.6 is 11.6 Å². The fourth-order valence-electron chi connectivity index (χ4n) is 4.33. The number of pyridine rings is 1. The summed E-state index contributed by atoms with van der Waals surface area (Å²) < 4.78 is 11.0. The third-order valence-electron chi connectivity index (χ3n) is 6.20. The van der Waals surface area contributed by atoms with Gasteiger partial charge in [-0.05, 0) is 60.2 Å². The number of rotatable bonds is 7. The summed E-state index contributed by atoms with van der Waals surface area (Å²) in [5.74, 6) is -0.931. The number of anilines is 1. The number of ketones is 1. The molecule has 0 spiro atoms. The number of methoxy groups -OCH3 is 1. The van der Waals surface area contributed by atoms with Crippen molar-refractivity contribution in [3.8, 4) is 11.5 Å². The Morgan fingerprint density at radius 1 is 0.974 bits per heavy atom. The van der Waals surface area contributed by atoms with E-state index in [1.54, 1.807) is 60.8 Å². The average molecular weight is 527 g/mol. The highest BCUT2D eigenvalue weighted by atomic mass is 35.5. The van der Waals surface area contributed by atoms with Gasteiger partial charge in [-0.2, -0.15) is 0 Å². The monoisotopic (exact) mass is 526 g/mol. The summed E-state index contributed by atoms with van der Waals surface area (Å²) in [6.45, 7) is 0.392. The summed E-state index contributed by atoms with van der Waals surface area (Å²) in [5, 5.41) is 11.5. The first-order valence-corrected chi connectivity index (χ1v) is 12.2. The SMILES string of the molecule is COc1ccc(/C(O)=C2/C(=O)C(=O)N(c3ccc(OCc4ccccc4)cc3)C2c2ccccn2)cc1Cl. The molecular formula is C30H23ClN2O5. The molecule has 1 amide bonds. The number of aliphatic hydroxyl groups excluding tert-OH is 1. The molecule has 1 saturated heterocycles. The predicted molar refractivity (Wildman–Crippen MR) is 144 cm³/mol. The molecule has 1 fully saturated rings. The Kier molecular flexibility index (Phi) is 7.11. The summed E-state index contributed by atoms with van der Waals surface area (Å²) in [4.78, 5) is 32.4. The summed E-state index contributed by atoms with van der Waals surface area (Å²) in [7, 11) is 1.48. The van der Waals surface area contributed by atoms with E-state index in [9.17, 15) is 14.7 Å². The standard InChI is InChI=1S/C30H23ClN2O5/c1-37-25-15-10-20(17-23(25)31)28(34)26-27(24-9-5-6-16-32-24)33(30(36)29(26)35)21-11-13-22(14-12-21)38-18-19-7-3-2-4-8-19/h2-17,27,34H,18H2,1H3/b28-26-. The van der Waals surface area contributed by atoms with Crippen LogP contribution in [0.2, 0.25) is 5.02 Å². The van der Waals surface area contributed by atoms with Crippen molar-refractivity contribution in [2.45, 2.75) is 12.6 Å². The second-order valence-corrected chi connectivity index (χ2v) is 8.95. The van der Waals surface area contributed by atoms with Crippen LogP contribution in [-0.2, 0) is 16.2 Å². The minimum Gasteiger partial charge on any atom is -0.507 e. The Morgan fingerprint density at radius 2 is 1.71 bits per heavy atom. The largest absolute Gasteiger partial charge is 0.507 e. The van der Waals surface area contributed by atoms with E-state index in [0.29, 0.717) is 29.5 Å².